The Labute approximate surface area is 234 Å². The van der Waals surface area contributed by atoms with Gasteiger partial charge in [0.15, 0.2) is 31.9 Å². The fourth-order valence-electron chi connectivity index (χ4n) is 3.63. The normalized spacial score (nSPS) is 13.5. The van der Waals surface area contributed by atoms with E-state index in [2.05, 4.69) is 20.2 Å². The van der Waals surface area contributed by atoms with E-state index in [0.29, 0.717) is 22.1 Å². The summed E-state index contributed by atoms with van der Waals surface area (Å²) in [4.78, 5) is 21.9. The summed E-state index contributed by atoms with van der Waals surface area (Å²) in [5.41, 5.74) is 5.96. The molecule has 40 heavy (non-hydrogen) atoms. The minimum absolute atomic E-state index is 0.0307. The number of alkyl halides is 3. The molecule has 0 saturated heterocycles. The van der Waals surface area contributed by atoms with Crippen LogP contribution in [0.1, 0.15) is 26.6 Å². The van der Waals surface area contributed by atoms with Crippen LogP contribution in [0.4, 0.5) is 18.9 Å². The third-order valence-corrected chi connectivity index (χ3v) is 11.6. The third kappa shape index (κ3) is 6.29. The molecule has 0 amide bonds. The lowest BCUT2D eigenvalue weighted by molar-refractivity contribution is -0.202. The van der Waals surface area contributed by atoms with Crippen LogP contribution in [0.25, 0.3) is 17.2 Å². The Bertz CT molecular complexity index is 1540. The molecule has 3 heterocycles. The van der Waals surface area contributed by atoms with E-state index >= 15 is 0 Å². The van der Waals surface area contributed by atoms with E-state index in [4.69, 9.17) is 21.8 Å². The standard InChI is InChI=1S/C25H30ClF3N8O2Si/c1-24(2,3)40(4,5)39-19(25(27,28)29)13-35-21(16-8-10-17(26)11-9-16)34-36(23(35)38)14-20-32-15-37(33-20)22-18(30)7-6-12-31-22/h6-12,15,19H,13-14,30H2,1-5H3/t19-/m0/s1. The van der Waals surface area contributed by atoms with Gasteiger partial charge in [-0.25, -0.2) is 24.1 Å². The average Bonchev–Trinajstić information content (AvgIpc) is 3.43. The Balaban J connectivity index is 1.74. The van der Waals surface area contributed by atoms with Crippen molar-refractivity contribution in [2.75, 3.05) is 5.73 Å². The molecule has 4 rings (SSSR count). The monoisotopic (exact) mass is 594 g/mol. The fourth-order valence-corrected chi connectivity index (χ4v) is 5.03. The van der Waals surface area contributed by atoms with Crippen LogP contribution >= 0.6 is 11.6 Å². The highest BCUT2D eigenvalue weighted by Crippen LogP contribution is 2.40. The van der Waals surface area contributed by atoms with Gasteiger partial charge >= 0.3 is 11.9 Å². The lowest BCUT2D eigenvalue weighted by Gasteiger charge is -2.39. The molecule has 4 aromatic rings. The quantitative estimate of drug-likeness (QED) is 0.287. The van der Waals surface area contributed by atoms with Crippen LogP contribution in [0.15, 0.2) is 53.7 Å². The first kappa shape index (κ1) is 29.5. The van der Waals surface area contributed by atoms with E-state index in [1.54, 1.807) is 55.7 Å². The Kier molecular flexibility index (Phi) is 7.98. The number of benzene rings is 1. The van der Waals surface area contributed by atoms with E-state index in [0.717, 1.165) is 9.25 Å². The van der Waals surface area contributed by atoms with Crippen molar-refractivity contribution in [1.82, 2.24) is 34.1 Å². The Morgan fingerprint density at radius 1 is 1.07 bits per heavy atom. The summed E-state index contributed by atoms with van der Waals surface area (Å²) in [7, 11) is -2.86. The molecule has 15 heteroatoms. The van der Waals surface area contributed by atoms with Crippen molar-refractivity contribution >= 4 is 25.6 Å². The molecule has 3 aromatic heterocycles. The van der Waals surface area contributed by atoms with Gasteiger partial charge in [-0.2, -0.15) is 13.2 Å². The number of nitrogen functional groups attached to an aromatic ring is 1. The van der Waals surface area contributed by atoms with Crippen LogP contribution in [0, 0.1) is 0 Å². The maximum Gasteiger partial charge on any atom is 0.415 e. The van der Waals surface area contributed by atoms with Crippen LogP contribution in [0.2, 0.25) is 23.2 Å². The molecule has 0 radical (unpaired) electrons. The molecule has 214 valence electrons. The van der Waals surface area contributed by atoms with E-state index in [9.17, 15) is 18.0 Å². The molecule has 0 unspecified atom stereocenters. The number of aromatic nitrogens is 7. The number of rotatable bonds is 8. The van der Waals surface area contributed by atoms with Crippen LogP contribution < -0.4 is 11.4 Å². The van der Waals surface area contributed by atoms with Crippen molar-refractivity contribution in [2.24, 2.45) is 0 Å². The first-order chi connectivity index (χ1) is 18.6. The van der Waals surface area contributed by atoms with Crippen molar-refractivity contribution in [1.29, 1.82) is 0 Å². The predicted octanol–water partition coefficient (Wildman–Crippen LogP) is 4.92. The lowest BCUT2D eigenvalue weighted by atomic mass is 10.2. The third-order valence-electron chi connectivity index (χ3n) is 6.85. The molecule has 0 aliphatic rings. The minimum atomic E-state index is -4.72. The molecule has 10 nitrogen and oxygen atoms in total. The van der Waals surface area contributed by atoms with Crippen molar-refractivity contribution in [3.8, 4) is 17.2 Å². The van der Waals surface area contributed by atoms with Gasteiger partial charge in [-0.1, -0.05) is 32.4 Å². The first-order valence-electron chi connectivity index (χ1n) is 12.4. The predicted molar refractivity (Wildman–Crippen MR) is 148 cm³/mol. The second-order valence-electron chi connectivity index (χ2n) is 10.8. The molecule has 1 aromatic carbocycles. The zero-order chi connectivity index (χ0) is 29.5. The highest BCUT2D eigenvalue weighted by molar-refractivity contribution is 6.74. The summed E-state index contributed by atoms with van der Waals surface area (Å²) in [6.07, 6.45) is -4.03. The molecule has 0 bridgehead atoms. The molecule has 0 saturated carbocycles. The summed E-state index contributed by atoms with van der Waals surface area (Å²) >= 11 is 6.01. The number of pyridine rings is 1. The molecule has 1 atom stereocenters. The highest BCUT2D eigenvalue weighted by atomic mass is 35.5. The van der Waals surface area contributed by atoms with E-state index < -0.39 is 37.9 Å². The molecule has 0 fully saturated rings. The van der Waals surface area contributed by atoms with Gasteiger partial charge in [0, 0.05) is 16.8 Å². The molecule has 0 spiro atoms. The number of nitrogens with two attached hydrogens (primary N) is 1. The van der Waals surface area contributed by atoms with Crippen LogP contribution in [0.5, 0.6) is 0 Å². The number of halogens is 4. The molecular formula is C25H30ClF3N8O2Si. The zero-order valence-corrected chi connectivity index (χ0v) is 24.4. The number of hydrogen-bond acceptors (Lipinski definition) is 7. The minimum Gasteiger partial charge on any atom is -0.404 e. The van der Waals surface area contributed by atoms with Crippen LogP contribution in [0.3, 0.4) is 0 Å². The van der Waals surface area contributed by atoms with Gasteiger partial charge < -0.3 is 10.2 Å². The molecule has 0 aliphatic carbocycles. The summed E-state index contributed by atoms with van der Waals surface area (Å²) in [5, 5.41) is 8.63. The number of anilines is 1. The second-order valence-corrected chi connectivity index (χ2v) is 16.0. The molecular weight excluding hydrogens is 565 g/mol. The summed E-state index contributed by atoms with van der Waals surface area (Å²) in [6, 6.07) is 9.62. The second kappa shape index (κ2) is 10.8. The van der Waals surface area contributed by atoms with Gasteiger partial charge in [0.25, 0.3) is 0 Å². The summed E-state index contributed by atoms with van der Waals surface area (Å²) in [6.45, 7) is 8.02. The van der Waals surface area contributed by atoms with E-state index in [1.807, 2.05) is 20.8 Å². The largest absolute Gasteiger partial charge is 0.415 e. The maximum atomic E-state index is 14.3. The first-order valence-corrected chi connectivity index (χ1v) is 15.6. The number of hydrogen-bond donors (Lipinski definition) is 1. The Morgan fingerprint density at radius 3 is 2.35 bits per heavy atom. The van der Waals surface area contributed by atoms with Crippen molar-refractivity contribution in [3.63, 3.8) is 0 Å². The summed E-state index contributed by atoms with van der Waals surface area (Å²) in [5.74, 6) is 0.560. The highest BCUT2D eigenvalue weighted by Gasteiger charge is 2.48. The zero-order valence-electron chi connectivity index (χ0n) is 22.6. The van der Waals surface area contributed by atoms with Crippen molar-refractivity contribution in [2.45, 2.75) is 64.3 Å². The topological polar surface area (TPSA) is 119 Å². The maximum absolute atomic E-state index is 14.3. The lowest BCUT2D eigenvalue weighted by Crippen LogP contribution is -2.50. The van der Waals surface area contributed by atoms with Gasteiger partial charge in [0.2, 0.25) is 0 Å². The Hall–Kier alpha value is -3.49. The van der Waals surface area contributed by atoms with E-state index in [1.165, 1.54) is 11.0 Å². The van der Waals surface area contributed by atoms with Gasteiger partial charge in [-0.05, 0) is 54.5 Å². The van der Waals surface area contributed by atoms with Gasteiger partial charge in [-0.15, -0.1) is 10.2 Å². The molecule has 2 N–H and O–H groups in total. The Morgan fingerprint density at radius 2 is 1.75 bits per heavy atom. The van der Waals surface area contributed by atoms with Crippen molar-refractivity contribution < 1.29 is 17.6 Å². The fraction of sp³-hybridized carbons (Fsp3) is 0.400. The van der Waals surface area contributed by atoms with Gasteiger partial charge in [0.1, 0.15) is 12.9 Å². The SMILES string of the molecule is CC(C)(C)[Si](C)(C)O[C@@H](Cn1c(-c2ccc(Cl)cc2)nn(Cc2ncn(-c3ncccc3N)n2)c1=O)C(F)(F)F. The van der Waals surface area contributed by atoms with Gasteiger partial charge in [-0.3, -0.25) is 4.57 Å². The summed E-state index contributed by atoms with van der Waals surface area (Å²) < 4.78 is 52.0. The van der Waals surface area contributed by atoms with Crippen molar-refractivity contribution in [3.05, 3.63) is 70.3 Å². The van der Waals surface area contributed by atoms with Crippen LogP contribution in [-0.2, 0) is 17.5 Å². The molecule has 0 aliphatic heterocycles. The van der Waals surface area contributed by atoms with Gasteiger partial charge in [0.05, 0.1) is 12.2 Å². The smallest absolute Gasteiger partial charge is 0.404 e. The average molecular weight is 595 g/mol. The number of nitrogens with zero attached hydrogens (tertiary/aromatic N) is 7. The van der Waals surface area contributed by atoms with E-state index in [-0.39, 0.29) is 18.2 Å². The van der Waals surface area contributed by atoms with Crippen LogP contribution in [-0.4, -0.2) is 54.7 Å².